The van der Waals surface area contributed by atoms with E-state index in [1.807, 2.05) is 18.2 Å². The molecule has 0 saturated carbocycles. The monoisotopic (exact) mass is 203 g/mol. The lowest BCUT2D eigenvalue weighted by molar-refractivity contribution is 1.44. The van der Waals surface area contributed by atoms with Crippen LogP contribution in [0.15, 0.2) is 30.3 Å². The molecular weight excluding hydrogens is 190 g/mol. The van der Waals surface area contributed by atoms with Crippen molar-refractivity contribution in [2.75, 3.05) is 5.73 Å². The molecule has 0 aliphatic rings. The van der Waals surface area contributed by atoms with Gasteiger partial charge in [0.25, 0.3) is 0 Å². The van der Waals surface area contributed by atoms with E-state index in [0.717, 1.165) is 5.69 Å². The number of hydrogen-bond donors (Lipinski definition) is 1. The first-order valence-electron chi connectivity index (χ1n) is 4.61. The Labute approximate surface area is 88.2 Å². The second-order valence-electron chi connectivity index (χ2n) is 3.39. The third kappa shape index (κ3) is 1.42. The van der Waals surface area contributed by atoms with E-state index >= 15 is 0 Å². The first-order chi connectivity index (χ1) is 6.70. The zero-order valence-electron chi connectivity index (χ0n) is 8.37. The first kappa shape index (κ1) is 9.28. The molecule has 14 heavy (non-hydrogen) atoms. The molecule has 0 atom stereocenters. The normalized spacial score (nSPS) is 10.4. The standard InChI is InChI=1S/C12H13NS/c1-8-9(2)14-12(11(8)13)10-6-4-3-5-7-10/h3-7H,13H2,1-2H3. The minimum atomic E-state index is 0.929. The van der Waals surface area contributed by atoms with E-state index in [4.69, 9.17) is 5.73 Å². The van der Waals surface area contributed by atoms with Crippen LogP contribution in [-0.4, -0.2) is 0 Å². The topological polar surface area (TPSA) is 26.0 Å². The summed E-state index contributed by atoms with van der Waals surface area (Å²) in [5.41, 5.74) is 9.41. The second-order valence-corrected chi connectivity index (χ2v) is 4.62. The summed E-state index contributed by atoms with van der Waals surface area (Å²) in [6, 6.07) is 10.3. The zero-order valence-corrected chi connectivity index (χ0v) is 9.19. The fraction of sp³-hybridized carbons (Fsp3) is 0.167. The van der Waals surface area contributed by atoms with Gasteiger partial charge in [0.15, 0.2) is 0 Å². The van der Waals surface area contributed by atoms with Gasteiger partial charge in [-0.25, -0.2) is 0 Å². The summed E-state index contributed by atoms with van der Waals surface area (Å²) in [6.07, 6.45) is 0. The maximum absolute atomic E-state index is 6.05. The molecule has 2 N–H and O–H groups in total. The van der Waals surface area contributed by atoms with Crippen molar-refractivity contribution in [3.63, 3.8) is 0 Å². The molecule has 2 aromatic rings. The number of nitrogen functional groups attached to an aromatic ring is 1. The number of nitrogens with two attached hydrogens (primary N) is 1. The van der Waals surface area contributed by atoms with E-state index < -0.39 is 0 Å². The Morgan fingerprint density at radius 1 is 1.07 bits per heavy atom. The highest BCUT2D eigenvalue weighted by atomic mass is 32.1. The molecule has 0 spiro atoms. The molecule has 2 heteroatoms. The number of aryl methyl sites for hydroxylation is 1. The molecular formula is C12H13NS. The van der Waals surface area contributed by atoms with Gasteiger partial charge >= 0.3 is 0 Å². The van der Waals surface area contributed by atoms with Gasteiger partial charge in [0.1, 0.15) is 0 Å². The van der Waals surface area contributed by atoms with E-state index in [0.29, 0.717) is 0 Å². The number of anilines is 1. The highest BCUT2D eigenvalue weighted by Crippen LogP contribution is 2.37. The van der Waals surface area contributed by atoms with Crippen molar-refractivity contribution in [1.29, 1.82) is 0 Å². The molecule has 0 unspecified atom stereocenters. The molecule has 0 saturated heterocycles. The SMILES string of the molecule is Cc1sc(-c2ccccc2)c(N)c1C. The van der Waals surface area contributed by atoms with Gasteiger partial charge < -0.3 is 5.73 Å². The smallest absolute Gasteiger partial charge is 0.0577 e. The Kier molecular flexibility index (Phi) is 2.30. The molecule has 1 aromatic heterocycles. The van der Waals surface area contributed by atoms with Crippen molar-refractivity contribution < 1.29 is 0 Å². The molecule has 72 valence electrons. The summed E-state index contributed by atoms with van der Waals surface area (Å²) in [7, 11) is 0. The lowest BCUT2D eigenvalue weighted by Gasteiger charge is -1.98. The van der Waals surface area contributed by atoms with Crippen LogP contribution in [0.2, 0.25) is 0 Å². The Hall–Kier alpha value is -1.28. The van der Waals surface area contributed by atoms with Crippen LogP contribution in [0.25, 0.3) is 10.4 Å². The van der Waals surface area contributed by atoms with Gasteiger partial charge in [-0.05, 0) is 25.0 Å². The summed E-state index contributed by atoms with van der Waals surface area (Å²) < 4.78 is 0. The van der Waals surface area contributed by atoms with E-state index in [1.54, 1.807) is 11.3 Å². The van der Waals surface area contributed by atoms with Gasteiger partial charge in [0.05, 0.1) is 10.6 Å². The van der Waals surface area contributed by atoms with Gasteiger partial charge in [-0.2, -0.15) is 0 Å². The van der Waals surface area contributed by atoms with Crippen molar-refractivity contribution in [2.24, 2.45) is 0 Å². The summed E-state index contributed by atoms with van der Waals surface area (Å²) in [4.78, 5) is 2.50. The average Bonchev–Trinajstić information content (AvgIpc) is 2.47. The Balaban J connectivity index is 2.58. The predicted octanol–water partition coefficient (Wildman–Crippen LogP) is 3.61. The number of benzene rings is 1. The molecule has 0 aliphatic carbocycles. The van der Waals surface area contributed by atoms with E-state index in [-0.39, 0.29) is 0 Å². The van der Waals surface area contributed by atoms with E-state index in [1.165, 1.54) is 20.9 Å². The number of rotatable bonds is 1. The molecule has 1 heterocycles. The molecule has 1 nitrogen and oxygen atoms in total. The Morgan fingerprint density at radius 3 is 2.21 bits per heavy atom. The van der Waals surface area contributed by atoms with Crippen molar-refractivity contribution in [1.82, 2.24) is 0 Å². The van der Waals surface area contributed by atoms with Gasteiger partial charge in [0, 0.05) is 4.88 Å². The molecule has 0 fully saturated rings. The van der Waals surface area contributed by atoms with E-state index in [9.17, 15) is 0 Å². The molecule has 2 rings (SSSR count). The van der Waals surface area contributed by atoms with Gasteiger partial charge in [-0.3, -0.25) is 0 Å². The fourth-order valence-corrected chi connectivity index (χ4v) is 2.53. The van der Waals surface area contributed by atoms with Crippen LogP contribution in [0.4, 0.5) is 5.69 Å². The molecule has 0 bridgehead atoms. The minimum Gasteiger partial charge on any atom is -0.397 e. The third-order valence-electron chi connectivity index (χ3n) is 2.47. The highest BCUT2D eigenvalue weighted by Gasteiger charge is 2.10. The average molecular weight is 203 g/mol. The van der Waals surface area contributed by atoms with Gasteiger partial charge in [-0.15, -0.1) is 11.3 Å². The molecule has 1 aromatic carbocycles. The summed E-state index contributed by atoms with van der Waals surface area (Å²) >= 11 is 1.77. The summed E-state index contributed by atoms with van der Waals surface area (Å²) in [5, 5.41) is 0. The molecule has 0 aliphatic heterocycles. The number of thiophene rings is 1. The molecule has 0 amide bonds. The summed E-state index contributed by atoms with van der Waals surface area (Å²) in [6.45, 7) is 4.19. The van der Waals surface area contributed by atoms with Crippen molar-refractivity contribution in [3.05, 3.63) is 40.8 Å². The highest BCUT2D eigenvalue weighted by molar-refractivity contribution is 7.16. The van der Waals surface area contributed by atoms with Crippen LogP contribution in [0.5, 0.6) is 0 Å². The zero-order chi connectivity index (χ0) is 10.1. The Bertz CT molecular complexity index is 443. The van der Waals surface area contributed by atoms with Crippen LogP contribution < -0.4 is 5.73 Å². The number of hydrogen-bond acceptors (Lipinski definition) is 2. The minimum absolute atomic E-state index is 0.929. The van der Waals surface area contributed by atoms with Crippen LogP contribution in [0.1, 0.15) is 10.4 Å². The second kappa shape index (κ2) is 3.46. The van der Waals surface area contributed by atoms with Crippen molar-refractivity contribution in [2.45, 2.75) is 13.8 Å². The lowest BCUT2D eigenvalue weighted by Crippen LogP contribution is -1.87. The quantitative estimate of drug-likeness (QED) is 0.752. The van der Waals surface area contributed by atoms with Gasteiger partial charge in [0.2, 0.25) is 0 Å². The largest absolute Gasteiger partial charge is 0.397 e. The predicted molar refractivity (Wildman–Crippen MR) is 63.6 cm³/mol. The summed E-state index contributed by atoms with van der Waals surface area (Å²) in [5.74, 6) is 0. The van der Waals surface area contributed by atoms with Crippen LogP contribution in [0.3, 0.4) is 0 Å². The van der Waals surface area contributed by atoms with Crippen LogP contribution in [0, 0.1) is 13.8 Å². The molecule has 0 radical (unpaired) electrons. The third-order valence-corrected chi connectivity index (χ3v) is 3.74. The van der Waals surface area contributed by atoms with Crippen LogP contribution in [-0.2, 0) is 0 Å². The maximum atomic E-state index is 6.05. The lowest BCUT2D eigenvalue weighted by atomic mass is 10.1. The fourth-order valence-electron chi connectivity index (χ4n) is 1.45. The van der Waals surface area contributed by atoms with Crippen molar-refractivity contribution >= 4 is 17.0 Å². The van der Waals surface area contributed by atoms with Crippen molar-refractivity contribution in [3.8, 4) is 10.4 Å². The Morgan fingerprint density at radius 2 is 1.71 bits per heavy atom. The first-order valence-corrected chi connectivity index (χ1v) is 5.42. The maximum Gasteiger partial charge on any atom is 0.0577 e. The van der Waals surface area contributed by atoms with E-state index in [2.05, 4.69) is 26.0 Å². The van der Waals surface area contributed by atoms with Crippen LogP contribution >= 0.6 is 11.3 Å². The van der Waals surface area contributed by atoms with Gasteiger partial charge in [-0.1, -0.05) is 30.3 Å².